The van der Waals surface area contributed by atoms with Crippen LogP contribution in [-0.2, 0) is 7.05 Å². The number of aromatic carboxylic acids is 1. The molecule has 1 fully saturated rings. The molecule has 1 heterocycles. The van der Waals surface area contributed by atoms with E-state index in [1.165, 1.54) is 17.3 Å². The molecule has 19 heavy (non-hydrogen) atoms. The van der Waals surface area contributed by atoms with Crippen LogP contribution in [0.2, 0.25) is 0 Å². The maximum absolute atomic E-state index is 12.1. The van der Waals surface area contributed by atoms with Crippen LogP contribution in [-0.4, -0.2) is 32.8 Å². The van der Waals surface area contributed by atoms with Crippen LogP contribution in [0.25, 0.3) is 0 Å². The maximum atomic E-state index is 12.1. The van der Waals surface area contributed by atoms with E-state index in [9.17, 15) is 9.59 Å². The first-order chi connectivity index (χ1) is 8.99. The van der Waals surface area contributed by atoms with Gasteiger partial charge >= 0.3 is 5.97 Å². The summed E-state index contributed by atoms with van der Waals surface area (Å²) in [4.78, 5) is 23.2. The molecule has 1 amide bonds. The summed E-state index contributed by atoms with van der Waals surface area (Å²) in [5.41, 5.74) is -0.0590. The standard InChI is InChI=1S/C13H19N3O3/c1-8-5-3-4-6-10(8)14-12(17)11-9(13(18)19)7-16(2)15-11/h7-8,10H,3-6H2,1-2H3,(H,14,17)(H,18,19)/t8-,10-/m0/s1. The van der Waals surface area contributed by atoms with Gasteiger partial charge in [0.2, 0.25) is 0 Å². The molecule has 0 bridgehead atoms. The van der Waals surface area contributed by atoms with Gasteiger partial charge in [0.1, 0.15) is 5.56 Å². The zero-order chi connectivity index (χ0) is 14.0. The van der Waals surface area contributed by atoms with Crippen molar-refractivity contribution in [3.8, 4) is 0 Å². The molecular formula is C13H19N3O3. The van der Waals surface area contributed by atoms with Crippen molar-refractivity contribution in [1.82, 2.24) is 15.1 Å². The van der Waals surface area contributed by atoms with E-state index in [1.807, 2.05) is 0 Å². The lowest BCUT2D eigenvalue weighted by molar-refractivity contribution is 0.0689. The lowest BCUT2D eigenvalue weighted by Crippen LogP contribution is -2.41. The predicted octanol–water partition coefficient (Wildman–Crippen LogP) is 1.43. The number of aryl methyl sites for hydroxylation is 1. The Morgan fingerprint density at radius 1 is 1.42 bits per heavy atom. The number of hydrogen-bond donors (Lipinski definition) is 2. The van der Waals surface area contributed by atoms with Gasteiger partial charge in [0.25, 0.3) is 5.91 Å². The Balaban J connectivity index is 2.13. The molecule has 0 saturated heterocycles. The van der Waals surface area contributed by atoms with Crippen molar-refractivity contribution < 1.29 is 14.7 Å². The highest BCUT2D eigenvalue weighted by molar-refractivity contribution is 6.03. The summed E-state index contributed by atoms with van der Waals surface area (Å²) in [5.74, 6) is -1.10. The fourth-order valence-electron chi connectivity index (χ4n) is 2.58. The number of carboxylic acid groups (broad SMARTS) is 1. The van der Waals surface area contributed by atoms with Gasteiger partial charge in [-0.2, -0.15) is 5.10 Å². The number of carboxylic acids is 1. The quantitative estimate of drug-likeness (QED) is 0.865. The molecule has 0 aromatic carbocycles. The van der Waals surface area contributed by atoms with Crippen molar-refractivity contribution in [1.29, 1.82) is 0 Å². The van der Waals surface area contributed by atoms with Crippen molar-refractivity contribution in [3.63, 3.8) is 0 Å². The van der Waals surface area contributed by atoms with E-state index in [0.717, 1.165) is 19.3 Å². The number of carbonyl (C=O) groups excluding carboxylic acids is 1. The molecule has 1 aromatic rings. The summed E-state index contributed by atoms with van der Waals surface area (Å²) in [6.45, 7) is 2.11. The minimum atomic E-state index is -1.13. The second kappa shape index (κ2) is 5.42. The van der Waals surface area contributed by atoms with Gasteiger partial charge < -0.3 is 10.4 Å². The van der Waals surface area contributed by atoms with Crippen molar-refractivity contribution in [3.05, 3.63) is 17.5 Å². The Labute approximate surface area is 111 Å². The van der Waals surface area contributed by atoms with E-state index in [-0.39, 0.29) is 17.3 Å². The Morgan fingerprint density at radius 3 is 2.74 bits per heavy atom. The number of carbonyl (C=O) groups is 2. The van der Waals surface area contributed by atoms with Crippen LogP contribution in [0.1, 0.15) is 53.5 Å². The van der Waals surface area contributed by atoms with Crippen LogP contribution in [0.3, 0.4) is 0 Å². The van der Waals surface area contributed by atoms with E-state index in [2.05, 4.69) is 17.3 Å². The second-order valence-corrected chi connectivity index (χ2v) is 5.21. The Bertz CT molecular complexity index is 495. The molecule has 104 valence electrons. The molecule has 1 aromatic heterocycles. The van der Waals surface area contributed by atoms with Crippen molar-refractivity contribution >= 4 is 11.9 Å². The molecule has 0 spiro atoms. The monoisotopic (exact) mass is 265 g/mol. The maximum Gasteiger partial charge on any atom is 0.339 e. The largest absolute Gasteiger partial charge is 0.478 e. The number of amides is 1. The van der Waals surface area contributed by atoms with E-state index in [4.69, 9.17) is 5.11 Å². The zero-order valence-corrected chi connectivity index (χ0v) is 11.2. The number of nitrogens with one attached hydrogen (secondary N) is 1. The molecule has 0 aliphatic heterocycles. The van der Waals surface area contributed by atoms with Gasteiger partial charge in [-0.15, -0.1) is 0 Å². The van der Waals surface area contributed by atoms with Crippen LogP contribution >= 0.6 is 0 Å². The van der Waals surface area contributed by atoms with Crippen LogP contribution in [0, 0.1) is 5.92 Å². The van der Waals surface area contributed by atoms with Crippen LogP contribution in [0.4, 0.5) is 0 Å². The summed E-state index contributed by atoms with van der Waals surface area (Å²) >= 11 is 0. The number of hydrogen-bond acceptors (Lipinski definition) is 3. The Kier molecular flexibility index (Phi) is 3.87. The first kappa shape index (κ1) is 13.6. The smallest absolute Gasteiger partial charge is 0.339 e. The van der Waals surface area contributed by atoms with Gasteiger partial charge in [-0.05, 0) is 18.8 Å². The van der Waals surface area contributed by atoms with Gasteiger partial charge in [-0.25, -0.2) is 4.79 Å². The third kappa shape index (κ3) is 2.94. The average molecular weight is 265 g/mol. The summed E-state index contributed by atoms with van der Waals surface area (Å²) in [6.07, 6.45) is 5.68. The second-order valence-electron chi connectivity index (χ2n) is 5.21. The lowest BCUT2D eigenvalue weighted by atomic mass is 9.86. The first-order valence-electron chi connectivity index (χ1n) is 6.57. The van der Waals surface area contributed by atoms with Gasteiger partial charge in [0.05, 0.1) is 0 Å². The molecule has 2 N–H and O–H groups in total. The van der Waals surface area contributed by atoms with Gasteiger partial charge in [0.15, 0.2) is 5.69 Å². The van der Waals surface area contributed by atoms with E-state index >= 15 is 0 Å². The fourth-order valence-corrected chi connectivity index (χ4v) is 2.58. The number of aromatic nitrogens is 2. The van der Waals surface area contributed by atoms with Crippen molar-refractivity contribution in [2.24, 2.45) is 13.0 Å². The summed E-state index contributed by atoms with van der Waals surface area (Å²) in [6, 6.07) is 0.116. The molecule has 2 rings (SSSR count). The van der Waals surface area contributed by atoms with Gasteiger partial charge in [-0.1, -0.05) is 19.8 Å². The molecule has 1 aliphatic carbocycles. The highest BCUT2D eigenvalue weighted by Crippen LogP contribution is 2.24. The van der Waals surface area contributed by atoms with E-state index in [0.29, 0.717) is 5.92 Å². The minimum Gasteiger partial charge on any atom is -0.478 e. The number of nitrogens with zero attached hydrogens (tertiary/aromatic N) is 2. The molecule has 0 radical (unpaired) electrons. The van der Waals surface area contributed by atoms with Gasteiger partial charge in [0, 0.05) is 19.3 Å². The van der Waals surface area contributed by atoms with Crippen LogP contribution < -0.4 is 5.32 Å². The normalized spacial score (nSPS) is 23.1. The van der Waals surface area contributed by atoms with E-state index in [1.54, 1.807) is 7.05 Å². The molecule has 2 atom stereocenters. The van der Waals surface area contributed by atoms with Crippen LogP contribution in [0.5, 0.6) is 0 Å². The molecule has 1 aliphatic rings. The van der Waals surface area contributed by atoms with Gasteiger partial charge in [-0.3, -0.25) is 9.48 Å². The molecule has 0 unspecified atom stereocenters. The molecule has 6 nitrogen and oxygen atoms in total. The highest BCUT2D eigenvalue weighted by Gasteiger charge is 2.27. The lowest BCUT2D eigenvalue weighted by Gasteiger charge is -2.29. The average Bonchev–Trinajstić information content (AvgIpc) is 2.74. The zero-order valence-electron chi connectivity index (χ0n) is 11.2. The molecular weight excluding hydrogens is 246 g/mol. The molecule has 1 saturated carbocycles. The Morgan fingerprint density at radius 2 is 2.11 bits per heavy atom. The summed E-state index contributed by atoms with van der Waals surface area (Å²) < 4.78 is 1.35. The predicted molar refractivity (Wildman–Crippen MR) is 69.1 cm³/mol. The third-order valence-electron chi connectivity index (χ3n) is 3.70. The third-order valence-corrected chi connectivity index (χ3v) is 3.70. The van der Waals surface area contributed by atoms with Crippen molar-refractivity contribution in [2.45, 2.75) is 38.6 Å². The molecule has 6 heteroatoms. The number of rotatable bonds is 3. The van der Waals surface area contributed by atoms with Crippen LogP contribution in [0.15, 0.2) is 6.20 Å². The van der Waals surface area contributed by atoms with E-state index < -0.39 is 11.9 Å². The fraction of sp³-hybridized carbons (Fsp3) is 0.615. The summed E-state index contributed by atoms with van der Waals surface area (Å²) in [7, 11) is 1.60. The first-order valence-corrected chi connectivity index (χ1v) is 6.57. The summed E-state index contributed by atoms with van der Waals surface area (Å²) in [5, 5.41) is 15.9. The highest BCUT2D eigenvalue weighted by atomic mass is 16.4. The SMILES string of the molecule is C[C@H]1CCCC[C@@H]1NC(=O)c1nn(C)cc1C(=O)O. The minimum absolute atomic E-state index is 0.00669. The van der Waals surface area contributed by atoms with Crippen molar-refractivity contribution in [2.75, 3.05) is 0 Å². The topological polar surface area (TPSA) is 84.2 Å². The Hall–Kier alpha value is -1.85.